The molecule has 8 nitrogen and oxygen atoms in total. The number of likely N-dealkylation sites (N-methyl/N-ethyl adjacent to an activating group) is 2. The molecule has 1 spiro atoms. The Labute approximate surface area is 160 Å². The van der Waals surface area contributed by atoms with Crippen LogP contribution in [0.4, 0.5) is 19.0 Å². The Morgan fingerprint density at radius 2 is 1.68 bits per heavy atom. The fraction of sp³-hybridized carbons (Fsp3) is 0.647. The molecule has 0 aromatic carbocycles. The second-order valence-corrected chi connectivity index (χ2v) is 7.00. The largest absolute Gasteiger partial charge is 0.490 e. The number of hydrogen-bond donors (Lipinski definition) is 1. The number of hydrogen-bond acceptors (Lipinski definition) is 6. The predicted octanol–water partition coefficient (Wildman–Crippen LogP) is 1.16. The van der Waals surface area contributed by atoms with Gasteiger partial charge in [0.1, 0.15) is 5.54 Å². The maximum absolute atomic E-state index is 12.6. The average Bonchev–Trinajstić information content (AvgIpc) is 2.64. The summed E-state index contributed by atoms with van der Waals surface area (Å²) in [6.07, 6.45) is -3.38. The average molecular weight is 403 g/mol. The van der Waals surface area contributed by atoms with E-state index < -0.39 is 12.1 Å². The summed E-state index contributed by atoms with van der Waals surface area (Å²) in [5.74, 6) is -1.58. The Bertz CT molecular complexity index is 703. The molecular weight excluding hydrogens is 379 g/mol. The van der Waals surface area contributed by atoms with Crippen LogP contribution in [0.5, 0.6) is 0 Å². The molecular formula is C17H24F3N5O3. The number of aromatic nitrogens is 2. The van der Waals surface area contributed by atoms with E-state index >= 15 is 0 Å². The molecule has 0 bridgehead atoms. The summed E-state index contributed by atoms with van der Waals surface area (Å²) in [4.78, 5) is 27.9. The number of rotatable bonds is 1. The molecule has 3 heterocycles. The molecule has 11 heteroatoms. The molecule has 1 amide bonds. The van der Waals surface area contributed by atoms with E-state index in [-0.39, 0.29) is 11.4 Å². The number of amides is 1. The number of carbonyl (C=O) groups is 2. The highest BCUT2D eigenvalue weighted by molar-refractivity contribution is 5.87. The number of anilines is 1. The molecule has 1 N–H and O–H groups in total. The fourth-order valence-corrected chi connectivity index (χ4v) is 3.40. The molecule has 0 unspecified atom stereocenters. The maximum Gasteiger partial charge on any atom is 0.490 e. The Morgan fingerprint density at radius 1 is 1.11 bits per heavy atom. The van der Waals surface area contributed by atoms with Crippen molar-refractivity contribution in [3.05, 3.63) is 17.8 Å². The van der Waals surface area contributed by atoms with Gasteiger partial charge in [0.15, 0.2) is 5.82 Å². The summed E-state index contributed by atoms with van der Waals surface area (Å²) in [6, 6.07) is 4.00. The van der Waals surface area contributed by atoms with E-state index in [0.717, 1.165) is 50.5 Å². The second kappa shape index (κ2) is 8.29. The van der Waals surface area contributed by atoms with Gasteiger partial charge in [-0.25, -0.2) is 4.79 Å². The zero-order valence-corrected chi connectivity index (χ0v) is 16.0. The first-order chi connectivity index (χ1) is 13.0. The number of carboxylic acid groups (broad SMARTS) is 1. The zero-order chi connectivity index (χ0) is 21.1. The lowest BCUT2D eigenvalue weighted by atomic mass is 9.83. The van der Waals surface area contributed by atoms with E-state index in [1.807, 2.05) is 31.0 Å². The van der Waals surface area contributed by atoms with Gasteiger partial charge in [-0.3, -0.25) is 9.69 Å². The van der Waals surface area contributed by atoms with E-state index in [9.17, 15) is 18.0 Å². The molecule has 2 saturated heterocycles. The van der Waals surface area contributed by atoms with Gasteiger partial charge in [0, 0.05) is 33.2 Å². The van der Waals surface area contributed by atoms with Crippen molar-refractivity contribution in [2.45, 2.75) is 31.5 Å². The van der Waals surface area contributed by atoms with Gasteiger partial charge in [-0.1, -0.05) is 0 Å². The number of piperidine rings is 1. The van der Waals surface area contributed by atoms with E-state index in [4.69, 9.17) is 9.90 Å². The third-order valence-electron chi connectivity index (χ3n) is 5.19. The zero-order valence-electron chi connectivity index (χ0n) is 16.0. The van der Waals surface area contributed by atoms with E-state index in [1.54, 1.807) is 0 Å². The van der Waals surface area contributed by atoms with Crippen molar-refractivity contribution in [2.24, 2.45) is 0 Å². The van der Waals surface area contributed by atoms with Gasteiger partial charge in [-0.2, -0.15) is 18.3 Å². The van der Waals surface area contributed by atoms with Crippen molar-refractivity contribution in [3.63, 3.8) is 0 Å². The van der Waals surface area contributed by atoms with Crippen molar-refractivity contribution in [2.75, 3.05) is 45.2 Å². The topological polar surface area (TPSA) is 89.9 Å². The van der Waals surface area contributed by atoms with E-state index in [2.05, 4.69) is 27.0 Å². The van der Waals surface area contributed by atoms with Gasteiger partial charge in [0.05, 0.1) is 5.69 Å². The summed E-state index contributed by atoms with van der Waals surface area (Å²) >= 11 is 0. The van der Waals surface area contributed by atoms with Crippen molar-refractivity contribution in [1.29, 1.82) is 0 Å². The lowest BCUT2D eigenvalue weighted by Gasteiger charge is -2.51. The highest BCUT2D eigenvalue weighted by Crippen LogP contribution is 2.33. The molecule has 156 valence electrons. The second-order valence-electron chi connectivity index (χ2n) is 7.00. The number of nitrogens with zero attached hydrogens (tertiary/aromatic N) is 5. The number of carboxylic acids is 1. The normalized spacial score (nSPS) is 20.0. The summed E-state index contributed by atoms with van der Waals surface area (Å²) in [5, 5.41) is 15.5. The molecule has 2 fully saturated rings. The summed E-state index contributed by atoms with van der Waals surface area (Å²) in [5.41, 5.74) is 0.609. The highest BCUT2D eigenvalue weighted by atomic mass is 19.4. The minimum atomic E-state index is -5.08. The van der Waals surface area contributed by atoms with Crippen LogP contribution < -0.4 is 4.90 Å². The Hall–Kier alpha value is -2.43. The number of carbonyl (C=O) groups excluding carboxylic acids is 1. The van der Waals surface area contributed by atoms with E-state index in [1.165, 1.54) is 0 Å². The lowest BCUT2D eigenvalue weighted by molar-refractivity contribution is -0.192. The standard InChI is InChI=1S/C15H23N5O.C2HF3O2/c1-12-4-5-13(17-16-12)20-8-6-15(7-9-20)14(21)18(2)10-11-19(15)3;3-2(4,5)1(6)7/h4-5H,6-11H2,1-3H3;(H,6,7). The van der Waals surface area contributed by atoms with Gasteiger partial charge in [0.25, 0.3) is 0 Å². The first kappa shape index (κ1) is 21.9. The Kier molecular flexibility index (Phi) is 6.48. The monoisotopic (exact) mass is 403 g/mol. The van der Waals surface area contributed by atoms with Gasteiger partial charge in [-0.15, -0.1) is 5.10 Å². The smallest absolute Gasteiger partial charge is 0.475 e. The molecule has 0 atom stereocenters. The first-order valence-electron chi connectivity index (χ1n) is 8.79. The van der Waals surface area contributed by atoms with Crippen LogP contribution in [0.25, 0.3) is 0 Å². The third kappa shape index (κ3) is 4.70. The molecule has 1 aromatic rings. The Balaban J connectivity index is 0.000000345. The summed E-state index contributed by atoms with van der Waals surface area (Å²) in [6.45, 7) is 5.41. The summed E-state index contributed by atoms with van der Waals surface area (Å²) < 4.78 is 31.7. The van der Waals surface area contributed by atoms with Crippen LogP contribution in [-0.4, -0.2) is 89.0 Å². The molecule has 0 aliphatic carbocycles. The van der Waals surface area contributed by atoms with Gasteiger partial charge < -0.3 is 14.9 Å². The number of aryl methyl sites for hydroxylation is 1. The number of piperazine rings is 1. The molecule has 1 aromatic heterocycles. The van der Waals surface area contributed by atoms with Crippen molar-refractivity contribution < 1.29 is 27.9 Å². The van der Waals surface area contributed by atoms with Gasteiger partial charge in [-0.05, 0) is 38.9 Å². The predicted molar refractivity (Wildman–Crippen MR) is 94.9 cm³/mol. The van der Waals surface area contributed by atoms with Crippen molar-refractivity contribution in [1.82, 2.24) is 20.0 Å². The van der Waals surface area contributed by atoms with Crippen LogP contribution in [0, 0.1) is 6.92 Å². The molecule has 28 heavy (non-hydrogen) atoms. The lowest BCUT2D eigenvalue weighted by Crippen LogP contribution is -2.67. The fourth-order valence-electron chi connectivity index (χ4n) is 3.40. The number of alkyl halides is 3. The van der Waals surface area contributed by atoms with Gasteiger partial charge >= 0.3 is 12.1 Å². The first-order valence-corrected chi connectivity index (χ1v) is 8.79. The highest BCUT2D eigenvalue weighted by Gasteiger charge is 2.48. The molecule has 3 rings (SSSR count). The minimum absolute atomic E-state index is 0.269. The number of halogens is 3. The van der Waals surface area contributed by atoms with Crippen LogP contribution in [0.2, 0.25) is 0 Å². The van der Waals surface area contributed by atoms with Crippen LogP contribution in [-0.2, 0) is 9.59 Å². The summed E-state index contributed by atoms with van der Waals surface area (Å²) in [7, 11) is 3.99. The van der Waals surface area contributed by atoms with Crippen LogP contribution >= 0.6 is 0 Å². The van der Waals surface area contributed by atoms with E-state index in [0.29, 0.717) is 0 Å². The maximum atomic E-state index is 12.6. The number of aliphatic carboxylic acids is 1. The van der Waals surface area contributed by atoms with Crippen LogP contribution in [0.1, 0.15) is 18.5 Å². The third-order valence-corrected chi connectivity index (χ3v) is 5.19. The Morgan fingerprint density at radius 3 is 2.14 bits per heavy atom. The van der Waals surface area contributed by atoms with Crippen molar-refractivity contribution in [3.8, 4) is 0 Å². The van der Waals surface area contributed by atoms with Crippen LogP contribution in [0.3, 0.4) is 0 Å². The van der Waals surface area contributed by atoms with Crippen LogP contribution in [0.15, 0.2) is 12.1 Å². The SMILES string of the molecule is Cc1ccc(N2CCC3(CC2)C(=O)N(C)CCN3C)nn1.O=C(O)C(F)(F)F. The molecule has 2 aliphatic heterocycles. The minimum Gasteiger partial charge on any atom is -0.475 e. The molecule has 2 aliphatic rings. The van der Waals surface area contributed by atoms with Gasteiger partial charge in [0.2, 0.25) is 5.91 Å². The van der Waals surface area contributed by atoms with Crippen molar-refractivity contribution >= 4 is 17.7 Å². The molecule has 0 radical (unpaired) electrons. The quantitative estimate of drug-likeness (QED) is 0.753. The molecule has 0 saturated carbocycles.